The van der Waals surface area contributed by atoms with Crippen LogP contribution in [-0.4, -0.2) is 88.2 Å². The molecule has 1 aliphatic rings. The molecule has 0 aromatic carbocycles. The van der Waals surface area contributed by atoms with Crippen LogP contribution in [0.15, 0.2) is 0 Å². The van der Waals surface area contributed by atoms with Gasteiger partial charge in [0.15, 0.2) is 0 Å². The fourth-order valence-electron chi connectivity index (χ4n) is 2.05. The van der Waals surface area contributed by atoms with Crippen LogP contribution in [-0.2, 0) is 14.3 Å². The van der Waals surface area contributed by atoms with Crippen molar-refractivity contribution < 1.29 is 14.3 Å². The molecule has 7 nitrogen and oxygen atoms in total. The van der Waals surface area contributed by atoms with E-state index in [2.05, 4.69) is 10.6 Å². The highest BCUT2D eigenvalue weighted by Crippen LogP contribution is 1.95. The molecule has 116 valence electrons. The second kappa shape index (κ2) is 9.68. The number of carbonyl (C=O) groups is 2. The van der Waals surface area contributed by atoms with Crippen LogP contribution in [0.3, 0.4) is 0 Å². The van der Waals surface area contributed by atoms with Crippen LogP contribution in [0.4, 0.5) is 0 Å². The zero-order valence-corrected chi connectivity index (χ0v) is 12.5. The minimum Gasteiger partial charge on any atom is -0.385 e. The van der Waals surface area contributed by atoms with E-state index in [1.54, 1.807) is 19.1 Å². The SMILES string of the molecule is COCCCNC(=O)CN(C)CC(=O)N1CCNCC1. The molecule has 0 unspecified atom stereocenters. The zero-order valence-electron chi connectivity index (χ0n) is 12.5. The molecule has 1 heterocycles. The van der Waals surface area contributed by atoms with Gasteiger partial charge in [-0.1, -0.05) is 0 Å². The largest absolute Gasteiger partial charge is 0.385 e. The number of rotatable bonds is 8. The van der Waals surface area contributed by atoms with E-state index in [-0.39, 0.29) is 24.9 Å². The monoisotopic (exact) mass is 286 g/mol. The summed E-state index contributed by atoms with van der Waals surface area (Å²) in [5.41, 5.74) is 0. The quantitative estimate of drug-likeness (QED) is 0.532. The number of likely N-dealkylation sites (N-methyl/N-ethyl adjacent to an activating group) is 1. The maximum Gasteiger partial charge on any atom is 0.236 e. The van der Waals surface area contributed by atoms with Crippen molar-refractivity contribution in [3.8, 4) is 0 Å². The lowest BCUT2D eigenvalue weighted by atomic mass is 10.3. The second-order valence-corrected chi connectivity index (χ2v) is 5.00. The first-order valence-corrected chi connectivity index (χ1v) is 7.06. The van der Waals surface area contributed by atoms with Crippen molar-refractivity contribution in [2.45, 2.75) is 6.42 Å². The van der Waals surface area contributed by atoms with Gasteiger partial charge in [0.2, 0.25) is 11.8 Å². The van der Waals surface area contributed by atoms with Gasteiger partial charge in [0.05, 0.1) is 13.1 Å². The number of methoxy groups -OCH3 is 1. The minimum atomic E-state index is -0.0586. The Morgan fingerprint density at radius 1 is 1.30 bits per heavy atom. The highest BCUT2D eigenvalue weighted by molar-refractivity contribution is 5.81. The summed E-state index contributed by atoms with van der Waals surface area (Å²) in [6, 6.07) is 0. The first-order chi connectivity index (χ1) is 9.63. The lowest BCUT2D eigenvalue weighted by molar-refractivity contribution is -0.133. The Kier molecular flexibility index (Phi) is 8.17. The lowest BCUT2D eigenvalue weighted by Crippen LogP contribution is -2.50. The molecule has 20 heavy (non-hydrogen) atoms. The molecule has 0 aromatic heterocycles. The second-order valence-electron chi connectivity index (χ2n) is 5.00. The molecule has 0 aliphatic carbocycles. The summed E-state index contributed by atoms with van der Waals surface area (Å²) in [6.45, 7) is 4.94. The lowest BCUT2D eigenvalue weighted by Gasteiger charge is -2.29. The number of nitrogens with one attached hydrogen (secondary N) is 2. The number of piperazine rings is 1. The van der Waals surface area contributed by atoms with Crippen molar-refractivity contribution in [1.29, 1.82) is 0 Å². The molecular formula is C13H26N4O3. The van der Waals surface area contributed by atoms with Crippen molar-refractivity contribution in [3.05, 3.63) is 0 Å². The Balaban J connectivity index is 2.16. The summed E-state index contributed by atoms with van der Waals surface area (Å²) < 4.78 is 4.91. The van der Waals surface area contributed by atoms with E-state index in [0.29, 0.717) is 13.2 Å². The van der Waals surface area contributed by atoms with Crippen LogP contribution in [0, 0.1) is 0 Å². The van der Waals surface area contributed by atoms with E-state index in [9.17, 15) is 9.59 Å². The van der Waals surface area contributed by atoms with Crippen LogP contribution in [0.1, 0.15) is 6.42 Å². The van der Waals surface area contributed by atoms with Gasteiger partial charge in [0.25, 0.3) is 0 Å². The van der Waals surface area contributed by atoms with Crippen molar-refractivity contribution in [1.82, 2.24) is 20.4 Å². The molecule has 0 radical (unpaired) electrons. The van der Waals surface area contributed by atoms with E-state index >= 15 is 0 Å². The van der Waals surface area contributed by atoms with Crippen LogP contribution in [0.5, 0.6) is 0 Å². The van der Waals surface area contributed by atoms with Crippen LogP contribution < -0.4 is 10.6 Å². The summed E-state index contributed by atoms with van der Waals surface area (Å²) in [5, 5.41) is 6.01. The summed E-state index contributed by atoms with van der Waals surface area (Å²) in [5.74, 6) is 0.0258. The number of nitrogens with zero attached hydrogens (tertiary/aromatic N) is 2. The summed E-state index contributed by atoms with van der Waals surface area (Å²) in [7, 11) is 3.42. The average molecular weight is 286 g/mol. The van der Waals surface area contributed by atoms with Gasteiger partial charge < -0.3 is 20.3 Å². The number of ether oxygens (including phenoxy) is 1. The van der Waals surface area contributed by atoms with Gasteiger partial charge >= 0.3 is 0 Å². The Morgan fingerprint density at radius 3 is 2.65 bits per heavy atom. The molecule has 0 spiro atoms. The summed E-state index contributed by atoms with van der Waals surface area (Å²) in [4.78, 5) is 27.2. The van der Waals surface area contributed by atoms with Crippen molar-refractivity contribution in [2.75, 3.05) is 66.6 Å². The molecule has 1 fully saturated rings. The Morgan fingerprint density at radius 2 is 2.00 bits per heavy atom. The highest BCUT2D eigenvalue weighted by Gasteiger charge is 2.18. The van der Waals surface area contributed by atoms with E-state index in [4.69, 9.17) is 4.74 Å². The maximum atomic E-state index is 12.0. The van der Waals surface area contributed by atoms with Gasteiger partial charge in [-0.25, -0.2) is 0 Å². The first-order valence-electron chi connectivity index (χ1n) is 7.06. The van der Waals surface area contributed by atoms with Gasteiger partial charge in [-0.3, -0.25) is 14.5 Å². The van der Waals surface area contributed by atoms with Crippen molar-refractivity contribution in [3.63, 3.8) is 0 Å². The van der Waals surface area contributed by atoms with Gasteiger partial charge in [-0.2, -0.15) is 0 Å². The minimum absolute atomic E-state index is 0.0586. The van der Waals surface area contributed by atoms with Gasteiger partial charge in [0.1, 0.15) is 0 Å². The third-order valence-corrected chi connectivity index (χ3v) is 3.14. The third kappa shape index (κ3) is 6.83. The summed E-state index contributed by atoms with van der Waals surface area (Å²) >= 11 is 0. The van der Waals surface area contributed by atoms with E-state index < -0.39 is 0 Å². The Hall–Kier alpha value is -1.18. The van der Waals surface area contributed by atoms with E-state index in [1.807, 2.05) is 4.90 Å². The number of hydrogen-bond acceptors (Lipinski definition) is 5. The number of hydrogen-bond donors (Lipinski definition) is 2. The number of amides is 2. The molecule has 1 aliphatic heterocycles. The molecule has 0 aromatic rings. The molecule has 0 saturated carbocycles. The van der Waals surface area contributed by atoms with Crippen LogP contribution in [0.25, 0.3) is 0 Å². The van der Waals surface area contributed by atoms with Crippen LogP contribution >= 0.6 is 0 Å². The Labute approximate surface area is 120 Å². The smallest absolute Gasteiger partial charge is 0.236 e. The fraction of sp³-hybridized carbons (Fsp3) is 0.846. The standard InChI is InChI=1S/C13H26N4O3/c1-16(10-12(18)15-4-3-9-20-2)11-13(19)17-7-5-14-6-8-17/h14H,3-11H2,1-2H3,(H,15,18). The zero-order chi connectivity index (χ0) is 14.8. The topological polar surface area (TPSA) is 73.9 Å². The molecule has 2 amide bonds. The maximum absolute atomic E-state index is 12.0. The van der Waals surface area contributed by atoms with Gasteiger partial charge in [0, 0.05) is 46.4 Å². The van der Waals surface area contributed by atoms with Crippen molar-refractivity contribution >= 4 is 11.8 Å². The number of carbonyl (C=O) groups excluding carboxylic acids is 2. The highest BCUT2D eigenvalue weighted by atomic mass is 16.5. The first kappa shape index (κ1) is 16.9. The van der Waals surface area contributed by atoms with Gasteiger partial charge in [-0.05, 0) is 13.5 Å². The van der Waals surface area contributed by atoms with Gasteiger partial charge in [-0.15, -0.1) is 0 Å². The molecule has 0 bridgehead atoms. The predicted molar refractivity (Wildman–Crippen MR) is 76.4 cm³/mol. The van der Waals surface area contributed by atoms with E-state index in [0.717, 1.165) is 32.6 Å². The van der Waals surface area contributed by atoms with Crippen molar-refractivity contribution in [2.24, 2.45) is 0 Å². The molecule has 7 heteroatoms. The molecule has 0 atom stereocenters. The average Bonchev–Trinajstić information content (AvgIpc) is 2.44. The normalized spacial score (nSPS) is 15.4. The molecule has 1 rings (SSSR count). The molecular weight excluding hydrogens is 260 g/mol. The summed E-state index contributed by atoms with van der Waals surface area (Å²) in [6.07, 6.45) is 0.797. The predicted octanol–water partition coefficient (Wildman–Crippen LogP) is -1.50. The van der Waals surface area contributed by atoms with Crippen LogP contribution in [0.2, 0.25) is 0 Å². The third-order valence-electron chi connectivity index (χ3n) is 3.14. The molecule has 2 N–H and O–H groups in total. The molecule has 1 saturated heterocycles. The van der Waals surface area contributed by atoms with E-state index in [1.165, 1.54) is 0 Å². The fourth-order valence-corrected chi connectivity index (χ4v) is 2.05. The Bertz CT molecular complexity index is 306.